The average Bonchev–Trinajstić information content (AvgIpc) is 2.85. The molecule has 0 amide bonds. The number of rotatable bonds is 4. The Labute approximate surface area is 102 Å². The molecule has 0 radical (unpaired) electrons. The van der Waals surface area contributed by atoms with Crippen LogP contribution in [0.3, 0.4) is 0 Å². The van der Waals surface area contributed by atoms with Crippen molar-refractivity contribution in [3.8, 4) is 0 Å². The van der Waals surface area contributed by atoms with Crippen molar-refractivity contribution < 1.29 is 8.42 Å². The van der Waals surface area contributed by atoms with Crippen molar-refractivity contribution in [3.05, 3.63) is 24.3 Å². The number of hydrogen-bond donors (Lipinski definition) is 2. The van der Waals surface area contributed by atoms with Crippen LogP contribution in [0.4, 0.5) is 5.69 Å². The smallest absolute Gasteiger partial charge is 0.242 e. The fourth-order valence-corrected chi connectivity index (χ4v) is 3.45. The van der Waals surface area contributed by atoms with Crippen LogP contribution in [-0.2, 0) is 10.0 Å². The van der Waals surface area contributed by atoms with Crippen molar-refractivity contribution in [2.75, 3.05) is 12.4 Å². The summed E-state index contributed by atoms with van der Waals surface area (Å²) in [5, 5.41) is 2.90. The number of benzene rings is 1. The fourth-order valence-electron chi connectivity index (χ4n) is 1.83. The monoisotopic (exact) mass is 254 g/mol. The van der Waals surface area contributed by atoms with Crippen molar-refractivity contribution in [3.63, 3.8) is 0 Å². The third kappa shape index (κ3) is 2.45. The summed E-state index contributed by atoms with van der Waals surface area (Å²) >= 11 is 0. The van der Waals surface area contributed by atoms with Crippen LogP contribution in [0.25, 0.3) is 0 Å². The SMILES string of the molecule is CNc1ccccc1S(=O)(=O)NC1CC1(C)C. The number of para-hydroxylation sites is 1. The summed E-state index contributed by atoms with van der Waals surface area (Å²) in [7, 11) is -1.71. The predicted octanol–water partition coefficient (Wildman–Crippen LogP) is 1.81. The van der Waals surface area contributed by atoms with E-state index in [0.29, 0.717) is 10.6 Å². The van der Waals surface area contributed by atoms with Gasteiger partial charge in [-0.15, -0.1) is 0 Å². The molecule has 4 nitrogen and oxygen atoms in total. The van der Waals surface area contributed by atoms with Crippen LogP contribution < -0.4 is 10.0 Å². The second-order valence-corrected chi connectivity index (χ2v) is 6.80. The molecular formula is C12H18N2O2S. The molecule has 0 aliphatic heterocycles. The lowest BCUT2D eigenvalue weighted by molar-refractivity contribution is 0.555. The van der Waals surface area contributed by atoms with Gasteiger partial charge in [-0.05, 0) is 24.0 Å². The van der Waals surface area contributed by atoms with Crippen LogP contribution in [-0.4, -0.2) is 21.5 Å². The van der Waals surface area contributed by atoms with E-state index >= 15 is 0 Å². The van der Waals surface area contributed by atoms with Gasteiger partial charge in [0, 0.05) is 13.1 Å². The molecule has 0 bridgehead atoms. The van der Waals surface area contributed by atoms with E-state index in [2.05, 4.69) is 23.9 Å². The molecule has 5 heteroatoms. The zero-order chi connectivity index (χ0) is 12.7. The molecule has 2 N–H and O–H groups in total. The van der Waals surface area contributed by atoms with Crippen LogP contribution in [0.2, 0.25) is 0 Å². The molecule has 0 saturated heterocycles. The minimum Gasteiger partial charge on any atom is -0.387 e. The van der Waals surface area contributed by atoms with Gasteiger partial charge in [0.1, 0.15) is 4.90 Å². The first-order chi connectivity index (χ1) is 7.87. The molecule has 94 valence electrons. The summed E-state index contributed by atoms with van der Waals surface area (Å²) in [5.74, 6) is 0. The lowest BCUT2D eigenvalue weighted by Gasteiger charge is -2.11. The average molecular weight is 254 g/mol. The Kier molecular flexibility index (Phi) is 2.91. The highest BCUT2D eigenvalue weighted by atomic mass is 32.2. The van der Waals surface area contributed by atoms with Gasteiger partial charge in [-0.3, -0.25) is 0 Å². The molecule has 17 heavy (non-hydrogen) atoms. The van der Waals surface area contributed by atoms with E-state index in [1.165, 1.54) is 0 Å². The Balaban J connectivity index is 2.26. The van der Waals surface area contributed by atoms with Crippen molar-refractivity contribution in [2.24, 2.45) is 5.41 Å². The van der Waals surface area contributed by atoms with Gasteiger partial charge in [0.15, 0.2) is 0 Å². The molecular weight excluding hydrogens is 236 g/mol. The minimum absolute atomic E-state index is 0.0532. The Morgan fingerprint density at radius 3 is 2.41 bits per heavy atom. The van der Waals surface area contributed by atoms with Gasteiger partial charge >= 0.3 is 0 Å². The number of hydrogen-bond acceptors (Lipinski definition) is 3. The lowest BCUT2D eigenvalue weighted by atomic mass is 10.2. The zero-order valence-corrected chi connectivity index (χ0v) is 11.1. The maximum Gasteiger partial charge on any atom is 0.242 e. The summed E-state index contributed by atoms with van der Waals surface area (Å²) in [5.41, 5.74) is 0.709. The third-order valence-corrected chi connectivity index (χ3v) is 4.79. The molecule has 1 fully saturated rings. The number of nitrogens with one attached hydrogen (secondary N) is 2. The van der Waals surface area contributed by atoms with Crippen molar-refractivity contribution >= 4 is 15.7 Å². The second-order valence-electron chi connectivity index (χ2n) is 5.11. The van der Waals surface area contributed by atoms with Crippen LogP contribution >= 0.6 is 0 Å². The molecule has 1 unspecified atom stereocenters. The minimum atomic E-state index is -3.42. The highest BCUT2D eigenvalue weighted by molar-refractivity contribution is 7.89. The summed E-state index contributed by atoms with van der Waals surface area (Å²) in [4.78, 5) is 0.310. The Morgan fingerprint density at radius 1 is 1.29 bits per heavy atom. The lowest BCUT2D eigenvalue weighted by Crippen LogP contribution is -2.29. The molecule has 0 spiro atoms. The van der Waals surface area contributed by atoms with E-state index in [4.69, 9.17) is 0 Å². The maximum atomic E-state index is 12.2. The van der Waals surface area contributed by atoms with Gasteiger partial charge in [-0.25, -0.2) is 13.1 Å². The van der Waals surface area contributed by atoms with Gasteiger partial charge < -0.3 is 5.32 Å². The Bertz CT molecular complexity index is 523. The Hall–Kier alpha value is -1.07. The van der Waals surface area contributed by atoms with Crippen molar-refractivity contribution in [1.29, 1.82) is 0 Å². The molecule has 1 saturated carbocycles. The topological polar surface area (TPSA) is 58.2 Å². The van der Waals surface area contributed by atoms with E-state index in [1.807, 2.05) is 6.07 Å². The second kappa shape index (κ2) is 3.99. The molecule has 1 atom stereocenters. The van der Waals surface area contributed by atoms with Gasteiger partial charge in [-0.2, -0.15) is 0 Å². The normalized spacial score (nSPS) is 22.2. The highest BCUT2D eigenvalue weighted by Gasteiger charge is 2.48. The highest BCUT2D eigenvalue weighted by Crippen LogP contribution is 2.45. The molecule has 1 aliphatic rings. The molecule has 0 heterocycles. The molecule has 1 aliphatic carbocycles. The summed E-state index contributed by atoms with van der Waals surface area (Å²) < 4.78 is 27.1. The van der Waals surface area contributed by atoms with E-state index < -0.39 is 10.0 Å². The van der Waals surface area contributed by atoms with Crippen LogP contribution in [0, 0.1) is 5.41 Å². The molecule has 1 aromatic carbocycles. The summed E-state index contributed by atoms with van der Waals surface area (Å²) in [6, 6.07) is 6.97. The third-order valence-electron chi connectivity index (χ3n) is 3.26. The number of anilines is 1. The van der Waals surface area contributed by atoms with E-state index in [9.17, 15) is 8.42 Å². The molecule has 2 rings (SSSR count). The predicted molar refractivity (Wildman–Crippen MR) is 68.5 cm³/mol. The maximum absolute atomic E-state index is 12.2. The molecule has 1 aromatic rings. The van der Waals surface area contributed by atoms with Gasteiger partial charge in [-0.1, -0.05) is 26.0 Å². The summed E-state index contributed by atoms with van der Waals surface area (Å²) in [6.07, 6.45) is 0.897. The number of sulfonamides is 1. The van der Waals surface area contributed by atoms with Gasteiger partial charge in [0.2, 0.25) is 10.0 Å². The van der Waals surface area contributed by atoms with Crippen LogP contribution in [0.5, 0.6) is 0 Å². The first kappa shape index (κ1) is 12.4. The van der Waals surface area contributed by atoms with Crippen LogP contribution in [0.15, 0.2) is 29.2 Å². The first-order valence-electron chi connectivity index (χ1n) is 5.66. The standard InChI is InChI=1S/C12H18N2O2S/c1-12(2)8-11(12)14-17(15,16)10-7-5-4-6-9(10)13-3/h4-7,11,13-14H,8H2,1-3H3. The largest absolute Gasteiger partial charge is 0.387 e. The fraction of sp³-hybridized carbons (Fsp3) is 0.500. The van der Waals surface area contributed by atoms with E-state index in [0.717, 1.165) is 6.42 Å². The Morgan fingerprint density at radius 2 is 1.88 bits per heavy atom. The quantitative estimate of drug-likeness (QED) is 0.861. The molecule has 0 aromatic heterocycles. The van der Waals surface area contributed by atoms with E-state index in [1.54, 1.807) is 25.2 Å². The summed E-state index contributed by atoms with van der Waals surface area (Å²) in [6.45, 7) is 4.12. The van der Waals surface area contributed by atoms with E-state index in [-0.39, 0.29) is 11.5 Å². The zero-order valence-electron chi connectivity index (χ0n) is 10.3. The van der Waals surface area contributed by atoms with Gasteiger partial charge in [0.25, 0.3) is 0 Å². The van der Waals surface area contributed by atoms with Crippen molar-refractivity contribution in [1.82, 2.24) is 4.72 Å². The van der Waals surface area contributed by atoms with Crippen LogP contribution in [0.1, 0.15) is 20.3 Å². The first-order valence-corrected chi connectivity index (χ1v) is 7.14. The van der Waals surface area contributed by atoms with Gasteiger partial charge in [0.05, 0.1) is 5.69 Å². The van der Waals surface area contributed by atoms with Crippen molar-refractivity contribution in [2.45, 2.75) is 31.2 Å².